The average Bonchev–Trinajstić information content (AvgIpc) is 3.27. The van der Waals surface area contributed by atoms with E-state index in [0.29, 0.717) is 0 Å². The molecule has 1 heteroatoms. The Balaban J connectivity index is 0.000000325. The standard InChI is InChI=1S/C18H21N.C11H16.C4H10/c1-12(2)16-9-7-14(4)18(11-16)19-15(5)17-8-6-13(3)10-17;1-3-4-8-11-9-6-5-7-10(11)2;1-3-4-2/h6-9,11,19H,1,5,10H2,2-4H3;5-7,9H,3-4,8H2,1-2H3;3-4H2,1-2H3. The average molecular weight is 458 g/mol. The molecule has 0 fully saturated rings. The SMILES string of the molecule is C=C(Nc1cc(C(=C)C)ccc1C)C1=CC=C(C)C1.CCCC.CCCCc1ccccc1C. The molecule has 0 heterocycles. The lowest BCUT2D eigenvalue weighted by atomic mass is 10.0. The van der Waals surface area contributed by atoms with Gasteiger partial charge in [-0.25, -0.2) is 0 Å². The second-order valence-corrected chi connectivity index (χ2v) is 9.33. The molecule has 0 radical (unpaired) electrons. The van der Waals surface area contributed by atoms with Crippen molar-refractivity contribution in [3.8, 4) is 0 Å². The van der Waals surface area contributed by atoms with Gasteiger partial charge < -0.3 is 5.32 Å². The Morgan fingerprint density at radius 1 is 0.853 bits per heavy atom. The number of hydrogen-bond acceptors (Lipinski definition) is 1. The van der Waals surface area contributed by atoms with Crippen LogP contribution >= 0.6 is 0 Å². The molecule has 0 saturated heterocycles. The molecule has 0 aromatic heterocycles. The molecule has 0 bridgehead atoms. The van der Waals surface area contributed by atoms with Crippen molar-refractivity contribution in [2.24, 2.45) is 0 Å². The molecular formula is C33H47N. The molecule has 0 spiro atoms. The van der Waals surface area contributed by atoms with Crippen molar-refractivity contribution in [2.75, 3.05) is 5.32 Å². The van der Waals surface area contributed by atoms with Gasteiger partial charge in [0.1, 0.15) is 0 Å². The molecule has 2 aromatic carbocycles. The first-order valence-electron chi connectivity index (χ1n) is 12.9. The Morgan fingerprint density at radius 3 is 2.06 bits per heavy atom. The van der Waals surface area contributed by atoms with E-state index in [-0.39, 0.29) is 0 Å². The molecule has 0 atom stereocenters. The van der Waals surface area contributed by atoms with E-state index in [1.54, 1.807) is 0 Å². The molecule has 3 rings (SSSR count). The smallest absolute Gasteiger partial charge is 0.0419 e. The van der Waals surface area contributed by atoms with Crippen molar-refractivity contribution in [3.63, 3.8) is 0 Å². The van der Waals surface area contributed by atoms with Gasteiger partial charge in [-0.2, -0.15) is 0 Å². The fraction of sp³-hybridized carbons (Fsp3) is 0.394. The van der Waals surface area contributed by atoms with Crippen LogP contribution in [0.25, 0.3) is 5.57 Å². The van der Waals surface area contributed by atoms with E-state index in [2.05, 4.69) is 115 Å². The van der Waals surface area contributed by atoms with Crippen molar-refractivity contribution >= 4 is 11.3 Å². The minimum atomic E-state index is 0.982. The largest absolute Gasteiger partial charge is 0.356 e. The van der Waals surface area contributed by atoms with E-state index in [4.69, 9.17) is 0 Å². The zero-order valence-electron chi connectivity index (χ0n) is 22.9. The maximum atomic E-state index is 4.15. The Hall–Kier alpha value is -2.80. The lowest BCUT2D eigenvalue weighted by Crippen LogP contribution is -2.02. The van der Waals surface area contributed by atoms with E-state index >= 15 is 0 Å². The third kappa shape index (κ3) is 10.4. The van der Waals surface area contributed by atoms with E-state index in [1.165, 1.54) is 59.9 Å². The van der Waals surface area contributed by atoms with Gasteiger partial charge in [0, 0.05) is 11.4 Å². The Labute approximate surface area is 210 Å². The summed E-state index contributed by atoms with van der Waals surface area (Å²) in [5.41, 5.74) is 11.1. The second kappa shape index (κ2) is 15.9. The highest BCUT2D eigenvalue weighted by atomic mass is 14.9. The van der Waals surface area contributed by atoms with Crippen LogP contribution in [-0.4, -0.2) is 0 Å². The molecule has 0 amide bonds. The zero-order valence-corrected chi connectivity index (χ0v) is 22.9. The predicted octanol–water partition coefficient (Wildman–Crippen LogP) is 10.4. The quantitative estimate of drug-likeness (QED) is 0.415. The third-order valence-corrected chi connectivity index (χ3v) is 6.00. The summed E-state index contributed by atoms with van der Waals surface area (Å²) in [7, 11) is 0. The van der Waals surface area contributed by atoms with Gasteiger partial charge in [-0.3, -0.25) is 0 Å². The summed E-state index contributed by atoms with van der Waals surface area (Å²) in [6.45, 7) is 23.2. The van der Waals surface area contributed by atoms with Gasteiger partial charge in [0.05, 0.1) is 0 Å². The molecule has 34 heavy (non-hydrogen) atoms. The van der Waals surface area contributed by atoms with Gasteiger partial charge in [-0.15, -0.1) is 0 Å². The summed E-state index contributed by atoms with van der Waals surface area (Å²) < 4.78 is 0. The van der Waals surface area contributed by atoms with Crippen LogP contribution in [0.4, 0.5) is 5.69 Å². The van der Waals surface area contributed by atoms with E-state index < -0.39 is 0 Å². The van der Waals surface area contributed by atoms with E-state index in [9.17, 15) is 0 Å². The van der Waals surface area contributed by atoms with Gasteiger partial charge in [0.15, 0.2) is 0 Å². The number of rotatable bonds is 8. The third-order valence-electron chi connectivity index (χ3n) is 6.00. The monoisotopic (exact) mass is 457 g/mol. The Bertz CT molecular complexity index is 985. The second-order valence-electron chi connectivity index (χ2n) is 9.33. The first kappa shape index (κ1) is 29.2. The molecule has 0 unspecified atom stereocenters. The van der Waals surface area contributed by atoms with Gasteiger partial charge in [-0.1, -0.05) is 113 Å². The van der Waals surface area contributed by atoms with Crippen LogP contribution in [-0.2, 0) is 6.42 Å². The summed E-state index contributed by atoms with van der Waals surface area (Å²) in [6.07, 6.45) is 11.8. The molecule has 1 aliphatic rings. The molecule has 1 aliphatic carbocycles. The maximum Gasteiger partial charge on any atom is 0.0419 e. The van der Waals surface area contributed by atoms with Gasteiger partial charge in [-0.05, 0) is 80.9 Å². The highest BCUT2D eigenvalue weighted by Gasteiger charge is 2.10. The first-order valence-corrected chi connectivity index (χ1v) is 12.9. The number of benzene rings is 2. The van der Waals surface area contributed by atoms with Gasteiger partial charge >= 0.3 is 0 Å². The summed E-state index contributed by atoms with van der Waals surface area (Å²) in [5.74, 6) is 0. The lowest BCUT2D eigenvalue weighted by molar-refractivity contribution is 0.791. The number of aryl methyl sites for hydroxylation is 3. The molecule has 0 aliphatic heterocycles. The number of nitrogens with one attached hydrogen (secondary N) is 1. The van der Waals surface area contributed by atoms with Crippen LogP contribution in [0, 0.1) is 13.8 Å². The minimum Gasteiger partial charge on any atom is -0.356 e. The fourth-order valence-electron chi connectivity index (χ4n) is 3.39. The summed E-state index contributed by atoms with van der Waals surface area (Å²) in [5, 5.41) is 3.43. The normalized spacial score (nSPS) is 11.9. The minimum absolute atomic E-state index is 0.982. The maximum absolute atomic E-state index is 4.15. The highest BCUT2D eigenvalue weighted by molar-refractivity contribution is 5.69. The van der Waals surface area contributed by atoms with Gasteiger partial charge in [0.2, 0.25) is 0 Å². The zero-order chi connectivity index (χ0) is 25.5. The highest BCUT2D eigenvalue weighted by Crippen LogP contribution is 2.27. The van der Waals surface area contributed by atoms with Crippen LogP contribution in [0.2, 0.25) is 0 Å². The first-order chi connectivity index (χ1) is 16.2. The Morgan fingerprint density at radius 2 is 1.53 bits per heavy atom. The molecule has 1 N–H and O–H groups in total. The van der Waals surface area contributed by atoms with Crippen molar-refractivity contribution in [2.45, 2.75) is 87.0 Å². The van der Waals surface area contributed by atoms with Crippen molar-refractivity contribution in [3.05, 3.63) is 107 Å². The van der Waals surface area contributed by atoms with Crippen molar-refractivity contribution in [1.29, 1.82) is 0 Å². The van der Waals surface area contributed by atoms with Crippen LogP contribution in [0.5, 0.6) is 0 Å². The summed E-state index contributed by atoms with van der Waals surface area (Å²) in [6, 6.07) is 15.0. The van der Waals surface area contributed by atoms with Crippen LogP contribution in [0.1, 0.15) is 89.0 Å². The summed E-state index contributed by atoms with van der Waals surface area (Å²) in [4.78, 5) is 0. The Kier molecular flexibility index (Phi) is 13.7. The van der Waals surface area contributed by atoms with Crippen molar-refractivity contribution in [1.82, 2.24) is 0 Å². The van der Waals surface area contributed by atoms with Crippen LogP contribution in [0.15, 0.2) is 84.6 Å². The molecule has 184 valence electrons. The van der Waals surface area contributed by atoms with Crippen LogP contribution < -0.4 is 5.32 Å². The van der Waals surface area contributed by atoms with Gasteiger partial charge in [0.25, 0.3) is 0 Å². The molecular weight excluding hydrogens is 410 g/mol. The molecule has 0 saturated carbocycles. The van der Waals surface area contributed by atoms with E-state index in [0.717, 1.165) is 28.9 Å². The summed E-state index contributed by atoms with van der Waals surface area (Å²) >= 11 is 0. The van der Waals surface area contributed by atoms with Crippen molar-refractivity contribution < 1.29 is 0 Å². The predicted molar refractivity (Wildman–Crippen MR) is 155 cm³/mol. The lowest BCUT2D eigenvalue weighted by Gasteiger charge is -2.15. The number of hydrogen-bond donors (Lipinski definition) is 1. The number of allylic oxidation sites excluding steroid dienone is 5. The van der Waals surface area contributed by atoms with Crippen LogP contribution in [0.3, 0.4) is 0 Å². The number of unbranched alkanes of at least 4 members (excludes halogenated alkanes) is 2. The van der Waals surface area contributed by atoms with E-state index in [1.807, 2.05) is 6.92 Å². The molecule has 1 nitrogen and oxygen atoms in total. The fourth-order valence-corrected chi connectivity index (χ4v) is 3.39. The number of anilines is 1. The topological polar surface area (TPSA) is 12.0 Å². The molecule has 2 aromatic rings.